The van der Waals surface area contributed by atoms with Crippen LogP contribution in [0.25, 0.3) is 11.0 Å². The minimum absolute atomic E-state index is 0.0448. The minimum Gasteiger partial charge on any atom is -0.481 e. The smallest absolute Gasteiger partial charge is 0.303 e. The van der Waals surface area contributed by atoms with Crippen LogP contribution in [0.3, 0.4) is 0 Å². The van der Waals surface area contributed by atoms with Crippen molar-refractivity contribution in [2.24, 2.45) is 5.92 Å². The highest BCUT2D eigenvalue weighted by Gasteiger charge is 2.32. The molecular formula is C31H32N2O5. The van der Waals surface area contributed by atoms with Crippen molar-refractivity contribution < 1.29 is 19.2 Å². The number of benzene rings is 3. The molecule has 1 aliphatic carbocycles. The van der Waals surface area contributed by atoms with Crippen LogP contribution in [0.5, 0.6) is 0 Å². The van der Waals surface area contributed by atoms with Gasteiger partial charge in [-0.25, -0.2) is 0 Å². The summed E-state index contributed by atoms with van der Waals surface area (Å²) in [6.07, 6.45) is 4.72. The molecule has 1 aliphatic rings. The van der Waals surface area contributed by atoms with Crippen LogP contribution in [0, 0.1) is 12.8 Å². The fourth-order valence-electron chi connectivity index (χ4n) is 5.59. The third-order valence-corrected chi connectivity index (χ3v) is 7.68. The zero-order chi connectivity index (χ0) is 26.6. The number of aromatic nitrogens is 1. The summed E-state index contributed by atoms with van der Waals surface area (Å²) in [5.74, 6) is -0.915. The molecule has 4 aromatic rings. The van der Waals surface area contributed by atoms with Crippen molar-refractivity contribution in [3.8, 4) is 0 Å². The number of rotatable bonds is 9. The number of nitrogens with one attached hydrogen (secondary N) is 1. The summed E-state index contributed by atoms with van der Waals surface area (Å²) < 4.78 is 7.09. The lowest BCUT2D eigenvalue weighted by atomic mass is 9.83. The second kappa shape index (κ2) is 11.1. The molecule has 1 saturated carbocycles. The van der Waals surface area contributed by atoms with E-state index in [0.717, 1.165) is 53.6 Å². The molecule has 7 nitrogen and oxygen atoms in total. The summed E-state index contributed by atoms with van der Waals surface area (Å²) in [7, 11) is 0. The predicted molar refractivity (Wildman–Crippen MR) is 146 cm³/mol. The highest BCUT2D eigenvalue weighted by molar-refractivity contribution is 5.97. The third kappa shape index (κ3) is 5.42. The molecular weight excluding hydrogens is 480 g/mol. The van der Waals surface area contributed by atoms with Crippen molar-refractivity contribution in [2.75, 3.05) is 5.32 Å². The Hall–Kier alpha value is -4.13. The van der Waals surface area contributed by atoms with E-state index < -0.39 is 5.97 Å². The van der Waals surface area contributed by atoms with Gasteiger partial charge in [0.2, 0.25) is 5.91 Å². The van der Waals surface area contributed by atoms with Gasteiger partial charge in [0, 0.05) is 12.1 Å². The number of hydrogen-bond donors (Lipinski definition) is 2. The molecule has 3 aromatic carbocycles. The molecule has 0 radical (unpaired) electrons. The Kier molecular flexibility index (Phi) is 7.45. The van der Waals surface area contributed by atoms with Gasteiger partial charge in [0.1, 0.15) is 0 Å². The van der Waals surface area contributed by atoms with Gasteiger partial charge >= 0.3 is 5.97 Å². The normalized spacial score (nSPS) is 14.6. The highest BCUT2D eigenvalue weighted by atomic mass is 16.5. The maximum absolute atomic E-state index is 13.7. The summed E-state index contributed by atoms with van der Waals surface area (Å²) in [5, 5.41) is 12.8. The van der Waals surface area contributed by atoms with Crippen molar-refractivity contribution in [3.63, 3.8) is 0 Å². The van der Waals surface area contributed by atoms with Gasteiger partial charge in [0.15, 0.2) is 5.58 Å². The number of carboxylic acids is 1. The number of carbonyl (C=O) groups excluding carboxylic acids is 1. The van der Waals surface area contributed by atoms with Crippen molar-refractivity contribution in [1.82, 2.24) is 4.74 Å². The van der Waals surface area contributed by atoms with Crippen LogP contribution in [0.4, 0.5) is 5.69 Å². The van der Waals surface area contributed by atoms with E-state index in [0.29, 0.717) is 23.9 Å². The molecule has 1 aromatic heterocycles. The van der Waals surface area contributed by atoms with Crippen molar-refractivity contribution >= 4 is 28.5 Å². The van der Waals surface area contributed by atoms with E-state index in [1.165, 1.54) is 4.74 Å². The molecule has 1 atom stereocenters. The number of aliphatic carboxylic acids is 1. The third-order valence-electron chi connectivity index (χ3n) is 7.68. The van der Waals surface area contributed by atoms with E-state index in [9.17, 15) is 14.4 Å². The number of fused-ring (bicyclic) bond motifs is 1. The van der Waals surface area contributed by atoms with Gasteiger partial charge in [0.05, 0.1) is 17.8 Å². The van der Waals surface area contributed by atoms with E-state index in [2.05, 4.69) is 5.32 Å². The van der Waals surface area contributed by atoms with Crippen LogP contribution in [-0.2, 0) is 22.6 Å². The van der Waals surface area contributed by atoms with E-state index in [1.54, 1.807) is 12.1 Å². The highest BCUT2D eigenvalue weighted by Crippen LogP contribution is 2.38. The summed E-state index contributed by atoms with van der Waals surface area (Å²) in [4.78, 5) is 37.4. The minimum atomic E-state index is -0.839. The summed E-state index contributed by atoms with van der Waals surface area (Å²) in [6, 6.07) is 20.7. The molecule has 1 unspecified atom stereocenters. The lowest BCUT2D eigenvalue weighted by molar-refractivity contribution is -0.137. The molecule has 1 heterocycles. The van der Waals surface area contributed by atoms with Gasteiger partial charge in [-0.1, -0.05) is 61.4 Å². The van der Waals surface area contributed by atoms with E-state index in [-0.39, 0.29) is 29.7 Å². The van der Waals surface area contributed by atoms with Crippen molar-refractivity contribution in [2.45, 2.75) is 57.9 Å². The Morgan fingerprint density at radius 3 is 2.47 bits per heavy atom. The van der Waals surface area contributed by atoms with Crippen LogP contribution in [0.1, 0.15) is 60.3 Å². The van der Waals surface area contributed by atoms with Gasteiger partial charge in [-0.15, -0.1) is 0 Å². The second-order valence-electron chi connectivity index (χ2n) is 10.2. The van der Waals surface area contributed by atoms with Gasteiger partial charge in [-0.2, -0.15) is 4.74 Å². The van der Waals surface area contributed by atoms with Crippen molar-refractivity contribution in [3.05, 3.63) is 99.3 Å². The van der Waals surface area contributed by atoms with Gasteiger partial charge in [-0.05, 0) is 72.6 Å². The molecule has 5 rings (SSSR count). The molecule has 1 amide bonds. The molecule has 38 heavy (non-hydrogen) atoms. The average Bonchev–Trinajstić information content (AvgIpc) is 3.54. The summed E-state index contributed by atoms with van der Waals surface area (Å²) in [5.41, 5.74) is 4.83. The molecule has 7 heteroatoms. The SMILES string of the molecule is Cc1c(CCC(=O)O)cccc1NC(=O)C(c1ccc(Cn2oc3ccccc3c2=O)cc1)C1CCCC1. The Balaban J connectivity index is 1.36. The Labute approximate surface area is 221 Å². The average molecular weight is 513 g/mol. The van der Waals surface area contributed by atoms with E-state index >= 15 is 0 Å². The molecule has 1 fully saturated rings. The summed E-state index contributed by atoms with van der Waals surface area (Å²) >= 11 is 0. The maximum atomic E-state index is 13.7. The van der Waals surface area contributed by atoms with Crippen LogP contribution < -0.4 is 10.9 Å². The first-order valence-corrected chi connectivity index (χ1v) is 13.2. The molecule has 0 aliphatic heterocycles. The van der Waals surface area contributed by atoms with Crippen LogP contribution in [0.2, 0.25) is 0 Å². The standard InChI is InChI=1S/C31H32N2O5/c1-20-22(17-18-28(34)35)9-6-11-26(20)32-30(36)29(23-7-2-3-8-23)24-15-13-21(14-16-24)19-33-31(37)25-10-4-5-12-27(25)38-33/h4-6,9-16,23,29H,2-3,7-8,17-19H2,1H3,(H,32,36)(H,34,35). The number of carboxylic acid groups (broad SMARTS) is 1. The van der Waals surface area contributed by atoms with Gasteiger partial charge < -0.3 is 14.9 Å². The molecule has 0 bridgehead atoms. The second-order valence-corrected chi connectivity index (χ2v) is 10.2. The molecule has 0 spiro atoms. The Bertz CT molecular complexity index is 1510. The molecule has 196 valence electrons. The monoisotopic (exact) mass is 512 g/mol. The quantitative estimate of drug-likeness (QED) is 0.292. The topological polar surface area (TPSA) is 102 Å². The number of carbonyl (C=O) groups is 2. The number of anilines is 1. The van der Waals surface area contributed by atoms with Gasteiger partial charge in [0.25, 0.3) is 5.56 Å². The lowest BCUT2D eigenvalue weighted by Crippen LogP contribution is -2.27. The largest absolute Gasteiger partial charge is 0.481 e. The van der Waals surface area contributed by atoms with E-state index in [4.69, 9.17) is 9.63 Å². The molecule has 0 saturated heterocycles. The maximum Gasteiger partial charge on any atom is 0.303 e. The lowest BCUT2D eigenvalue weighted by Gasteiger charge is -2.24. The fraction of sp³-hybridized carbons (Fsp3) is 0.323. The number of para-hydroxylation sites is 1. The van der Waals surface area contributed by atoms with E-state index in [1.807, 2.05) is 61.5 Å². The Morgan fingerprint density at radius 1 is 1.03 bits per heavy atom. The predicted octanol–water partition coefficient (Wildman–Crippen LogP) is 5.88. The number of amides is 1. The molecule has 2 N–H and O–H groups in total. The van der Waals surface area contributed by atoms with Crippen LogP contribution in [-0.4, -0.2) is 21.7 Å². The first kappa shape index (κ1) is 25.5. The van der Waals surface area contributed by atoms with Crippen LogP contribution in [0.15, 0.2) is 76.0 Å². The number of aryl methyl sites for hydroxylation is 1. The fourth-order valence-corrected chi connectivity index (χ4v) is 5.59. The van der Waals surface area contributed by atoms with Crippen LogP contribution >= 0.6 is 0 Å². The zero-order valence-corrected chi connectivity index (χ0v) is 21.5. The summed E-state index contributed by atoms with van der Waals surface area (Å²) in [6.45, 7) is 2.24. The number of nitrogens with zero attached hydrogens (tertiary/aromatic N) is 1. The Morgan fingerprint density at radius 2 is 1.76 bits per heavy atom. The number of hydrogen-bond acceptors (Lipinski definition) is 4. The first-order chi connectivity index (χ1) is 18.4. The zero-order valence-electron chi connectivity index (χ0n) is 21.5. The van der Waals surface area contributed by atoms with Crippen molar-refractivity contribution in [1.29, 1.82) is 0 Å². The van der Waals surface area contributed by atoms with Gasteiger partial charge in [-0.3, -0.25) is 14.4 Å². The first-order valence-electron chi connectivity index (χ1n) is 13.2.